The van der Waals surface area contributed by atoms with E-state index in [9.17, 15) is 14.7 Å². The molecule has 0 radical (unpaired) electrons. The van der Waals surface area contributed by atoms with Crippen molar-refractivity contribution in [1.82, 2.24) is 4.90 Å². The fraction of sp³-hybridized carbons (Fsp3) is 0.400. The Bertz CT molecular complexity index is 758. The van der Waals surface area contributed by atoms with Crippen LogP contribution in [0.5, 0.6) is 0 Å². The van der Waals surface area contributed by atoms with Crippen LogP contribution in [-0.4, -0.2) is 39.6 Å². The molecule has 0 aromatic heterocycles. The molecule has 1 amide bonds. The second-order valence-electron chi connectivity index (χ2n) is 7.01. The van der Waals surface area contributed by atoms with E-state index in [4.69, 9.17) is 4.74 Å². The largest absolute Gasteiger partial charge is 0.481 e. The lowest BCUT2D eigenvalue weighted by atomic mass is 9.74. The number of nitrogens with zero attached hydrogens (tertiary/aromatic N) is 1. The van der Waals surface area contributed by atoms with Crippen LogP contribution in [0.3, 0.4) is 0 Å². The molecule has 6 atom stereocenters. The Kier molecular flexibility index (Phi) is 3.58. The van der Waals surface area contributed by atoms with E-state index < -0.39 is 29.5 Å². The fourth-order valence-corrected chi connectivity index (χ4v) is 4.77. The highest BCUT2D eigenvalue weighted by atomic mass is 16.5. The van der Waals surface area contributed by atoms with Crippen molar-refractivity contribution in [3.05, 3.63) is 60.7 Å². The van der Waals surface area contributed by atoms with E-state index in [0.29, 0.717) is 6.42 Å². The van der Waals surface area contributed by atoms with E-state index in [1.54, 1.807) is 12.2 Å². The minimum Gasteiger partial charge on any atom is -0.481 e. The third kappa shape index (κ3) is 2.05. The summed E-state index contributed by atoms with van der Waals surface area (Å²) in [6.07, 6.45) is 5.52. The van der Waals surface area contributed by atoms with Crippen LogP contribution in [0.25, 0.3) is 0 Å². The van der Waals surface area contributed by atoms with Gasteiger partial charge in [0.2, 0.25) is 5.91 Å². The van der Waals surface area contributed by atoms with Crippen LogP contribution in [0, 0.1) is 11.8 Å². The maximum atomic E-state index is 13.3. The summed E-state index contributed by atoms with van der Waals surface area (Å²) in [6, 6.07) is 9.37. The average molecular weight is 339 g/mol. The maximum absolute atomic E-state index is 13.3. The molecule has 4 rings (SSSR count). The Morgan fingerprint density at radius 2 is 2.16 bits per heavy atom. The molecule has 130 valence electrons. The summed E-state index contributed by atoms with van der Waals surface area (Å²) in [5, 5.41) is 9.65. The zero-order chi connectivity index (χ0) is 17.8. The lowest BCUT2D eigenvalue weighted by molar-refractivity contribution is -0.149. The first-order chi connectivity index (χ1) is 12.0. The fourth-order valence-electron chi connectivity index (χ4n) is 4.77. The number of hydrogen-bond donors (Lipinski definition) is 1. The van der Waals surface area contributed by atoms with Crippen molar-refractivity contribution in [1.29, 1.82) is 0 Å². The topological polar surface area (TPSA) is 66.8 Å². The number of likely N-dealkylation sites (tertiary alicyclic amines) is 1. The van der Waals surface area contributed by atoms with Gasteiger partial charge in [-0.15, -0.1) is 6.58 Å². The molecule has 5 heteroatoms. The predicted octanol–water partition coefficient (Wildman–Crippen LogP) is 2.56. The molecule has 2 fully saturated rings. The Morgan fingerprint density at radius 1 is 1.44 bits per heavy atom. The number of amides is 1. The lowest BCUT2D eigenvalue weighted by Crippen LogP contribution is -2.45. The van der Waals surface area contributed by atoms with Crippen LogP contribution >= 0.6 is 0 Å². The smallest absolute Gasteiger partial charge is 0.310 e. The molecule has 3 aliphatic rings. The van der Waals surface area contributed by atoms with Crippen molar-refractivity contribution < 1.29 is 19.4 Å². The van der Waals surface area contributed by atoms with E-state index in [2.05, 4.69) is 6.58 Å². The first-order valence-electron chi connectivity index (χ1n) is 8.59. The quantitative estimate of drug-likeness (QED) is 0.837. The summed E-state index contributed by atoms with van der Waals surface area (Å²) in [4.78, 5) is 26.9. The molecule has 1 aromatic rings. The molecule has 5 nitrogen and oxygen atoms in total. The number of carbonyl (C=O) groups excluding carboxylic acids is 1. The third-order valence-corrected chi connectivity index (χ3v) is 5.84. The van der Waals surface area contributed by atoms with E-state index in [0.717, 1.165) is 5.56 Å². The number of carbonyl (C=O) groups is 2. The van der Waals surface area contributed by atoms with Gasteiger partial charge in [0.1, 0.15) is 11.5 Å². The summed E-state index contributed by atoms with van der Waals surface area (Å²) >= 11 is 0. The minimum atomic E-state index is -0.971. The molecule has 2 bridgehead atoms. The molecule has 3 aliphatic heterocycles. The number of carboxylic acids is 1. The summed E-state index contributed by atoms with van der Waals surface area (Å²) in [6.45, 7) is 5.81. The van der Waals surface area contributed by atoms with E-state index in [1.165, 1.54) is 0 Å². The molecule has 0 aliphatic carbocycles. The zero-order valence-corrected chi connectivity index (χ0v) is 14.0. The number of fused-ring (bicyclic) bond motifs is 1. The normalized spacial score (nSPS) is 36.5. The Hall–Kier alpha value is -2.40. The molecule has 0 saturated carbocycles. The SMILES string of the molecule is C=CC[C@H]1N([C@H](C)c2ccccc2)C(=O)[C@@H]2[C@@H](C(=O)O)[C@H]3C=C[C@]21O3. The molecule has 25 heavy (non-hydrogen) atoms. The van der Waals surface area contributed by atoms with Crippen LogP contribution in [0.15, 0.2) is 55.1 Å². The van der Waals surface area contributed by atoms with Crippen molar-refractivity contribution in [2.75, 3.05) is 0 Å². The van der Waals surface area contributed by atoms with Crippen LogP contribution in [-0.2, 0) is 14.3 Å². The van der Waals surface area contributed by atoms with Gasteiger partial charge in [-0.05, 0) is 18.9 Å². The first-order valence-corrected chi connectivity index (χ1v) is 8.59. The van der Waals surface area contributed by atoms with Crippen LogP contribution in [0.2, 0.25) is 0 Å². The monoisotopic (exact) mass is 339 g/mol. The third-order valence-electron chi connectivity index (χ3n) is 5.84. The number of carboxylic acid groups (broad SMARTS) is 1. The second-order valence-corrected chi connectivity index (χ2v) is 7.01. The first kappa shape index (κ1) is 16.1. The van der Waals surface area contributed by atoms with Gasteiger partial charge in [-0.1, -0.05) is 48.6 Å². The summed E-state index contributed by atoms with van der Waals surface area (Å²) in [5.74, 6) is -2.60. The van der Waals surface area contributed by atoms with Crippen LogP contribution < -0.4 is 0 Å². The van der Waals surface area contributed by atoms with Gasteiger partial charge in [-0.2, -0.15) is 0 Å². The average Bonchev–Trinajstić information content (AvgIpc) is 3.24. The molecular formula is C20H21NO4. The van der Waals surface area contributed by atoms with Crippen molar-refractivity contribution >= 4 is 11.9 Å². The Morgan fingerprint density at radius 3 is 2.80 bits per heavy atom. The molecule has 1 spiro atoms. The summed E-state index contributed by atoms with van der Waals surface area (Å²) in [7, 11) is 0. The van der Waals surface area contributed by atoms with Gasteiger partial charge in [0, 0.05) is 0 Å². The molecule has 1 aromatic carbocycles. The second kappa shape index (κ2) is 5.56. The summed E-state index contributed by atoms with van der Waals surface area (Å²) in [5.41, 5.74) is 0.161. The van der Waals surface area contributed by atoms with Gasteiger partial charge in [-0.3, -0.25) is 9.59 Å². The van der Waals surface area contributed by atoms with Gasteiger partial charge >= 0.3 is 5.97 Å². The highest BCUT2D eigenvalue weighted by molar-refractivity contribution is 5.91. The molecular weight excluding hydrogens is 318 g/mol. The lowest BCUT2D eigenvalue weighted by Gasteiger charge is -2.36. The van der Waals surface area contributed by atoms with E-state index >= 15 is 0 Å². The molecule has 3 heterocycles. The van der Waals surface area contributed by atoms with Gasteiger partial charge in [0.15, 0.2) is 0 Å². The number of rotatable bonds is 5. The van der Waals surface area contributed by atoms with Gasteiger partial charge in [0.05, 0.1) is 24.1 Å². The van der Waals surface area contributed by atoms with E-state index in [1.807, 2.05) is 48.2 Å². The number of benzene rings is 1. The highest BCUT2D eigenvalue weighted by Crippen LogP contribution is 2.57. The van der Waals surface area contributed by atoms with Gasteiger partial charge in [0.25, 0.3) is 0 Å². The maximum Gasteiger partial charge on any atom is 0.310 e. The molecule has 0 unspecified atom stereocenters. The van der Waals surface area contributed by atoms with E-state index in [-0.39, 0.29) is 18.0 Å². The van der Waals surface area contributed by atoms with Crippen molar-refractivity contribution in [3.63, 3.8) is 0 Å². The molecule has 2 saturated heterocycles. The number of ether oxygens (including phenoxy) is 1. The number of hydrogen-bond acceptors (Lipinski definition) is 3. The predicted molar refractivity (Wildman–Crippen MR) is 91.7 cm³/mol. The van der Waals surface area contributed by atoms with Crippen molar-refractivity contribution in [2.45, 2.75) is 37.1 Å². The van der Waals surface area contributed by atoms with Crippen molar-refractivity contribution in [3.8, 4) is 0 Å². The standard InChI is InChI=1S/C20H21NO4/c1-3-7-15-20-11-10-14(25-20)16(19(23)24)17(20)18(22)21(15)12(2)13-8-5-4-6-9-13/h3-6,8-12,14-17H,1,7H2,2H3,(H,23,24)/t12-,14-,15-,16+,17+,20-/m1/s1. The Balaban J connectivity index is 1.78. The van der Waals surface area contributed by atoms with Gasteiger partial charge in [-0.25, -0.2) is 0 Å². The van der Waals surface area contributed by atoms with Crippen LogP contribution in [0.4, 0.5) is 0 Å². The summed E-state index contributed by atoms with van der Waals surface area (Å²) < 4.78 is 6.11. The van der Waals surface area contributed by atoms with Gasteiger partial charge < -0.3 is 14.7 Å². The zero-order valence-electron chi connectivity index (χ0n) is 14.0. The minimum absolute atomic E-state index is 0.137. The number of aliphatic carboxylic acids is 1. The Labute approximate surface area is 146 Å². The molecule has 1 N–H and O–H groups in total. The highest BCUT2D eigenvalue weighted by Gasteiger charge is 2.71. The van der Waals surface area contributed by atoms with Crippen molar-refractivity contribution in [2.24, 2.45) is 11.8 Å². The van der Waals surface area contributed by atoms with Crippen LogP contribution in [0.1, 0.15) is 24.9 Å².